The van der Waals surface area contributed by atoms with Gasteiger partial charge in [-0.15, -0.1) is 0 Å². The minimum atomic E-state index is -3.54. The van der Waals surface area contributed by atoms with Gasteiger partial charge in [-0.25, -0.2) is 13.4 Å². The van der Waals surface area contributed by atoms with E-state index in [4.69, 9.17) is 0 Å². The van der Waals surface area contributed by atoms with Gasteiger partial charge in [-0.05, 0) is 50.2 Å². The molecule has 1 aliphatic heterocycles. The van der Waals surface area contributed by atoms with Crippen molar-refractivity contribution in [3.63, 3.8) is 0 Å². The molecule has 7 nitrogen and oxygen atoms in total. The number of benzene rings is 1. The molecule has 8 heteroatoms. The normalized spacial score (nSPS) is 16.7. The lowest BCUT2D eigenvalue weighted by atomic mass is 9.96. The Bertz CT molecular complexity index is 861. The zero-order chi connectivity index (χ0) is 18.6. The zero-order valence-corrected chi connectivity index (χ0v) is 15.3. The van der Waals surface area contributed by atoms with E-state index in [0.29, 0.717) is 24.6 Å². The smallest absolute Gasteiger partial charge is 0.245 e. The number of amides is 1. The maximum absolute atomic E-state index is 12.8. The molecule has 0 saturated carbocycles. The number of carbonyl (C=O) groups excluding carboxylic acids is 1. The second kappa shape index (κ2) is 7.43. The summed E-state index contributed by atoms with van der Waals surface area (Å²) in [5.41, 5.74) is 1.37. The molecule has 2 aromatic rings. The second-order valence-electron chi connectivity index (χ2n) is 6.39. The molecule has 0 unspecified atom stereocenters. The van der Waals surface area contributed by atoms with Crippen molar-refractivity contribution in [1.82, 2.24) is 10.3 Å². The average molecular weight is 374 g/mol. The quantitative estimate of drug-likeness (QED) is 0.739. The molecule has 0 aliphatic carbocycles. The van der Waals surface area contributed by atoms with Gasteiger partial charge in [-0.1, -0.05) is 18.2 Å². The van der Waals surface area contributed by atoms with Gasteiger partial charge in [0, 0.05) is 11.9 Å². The summed E-state index contributed by atoms with van der Waals surface area (Å²) in [6.07, 6.45) is 3.17. The van der Waals surface area contributed by atoms with E-state index in [1.54, 1.807) is 12.1 Å². The Morgan fingerprint density at radius 1 is 1.08 bits per heavy atom. The van der Waals surface area contributed by atoms with Gasteiger partial charge in [0.2, 0.25) is 5.91 Å². The van der Waals surface area contributed by atoms with Crippen molar-refractivity contribution in [2.24, 2.45) is 0 Å². The van der Waals surface area contributed by atoms with Crippen molar-refractivity contribution in [2.45, 2.75) is 17.6 Å². The number of nitrogens with one attached hydrogen (secondary N) is 3. The minimum Gasteiger partial charge on any atom is -0.340 e. The third-order valence-electron chi connectivity index (χ3n) is 4.60. The number of hydrogen-bond donors (Lipinski definition) is 3. The summed E-state index contributed by atoms with van der Waals surface area (Å²) in [5.74, 6) is 0.140. The molecule has 1 aliphatic rings. The van der Waals surface area contributed by atoms with Gasteiger partial charge in [-0.2, -0.15) is 0 Å². The number of anilines is 3. The number of carbonyl (C=O) groups is 1. The molecule has 138 valence electrons. The Morgan fingerprint density at radius 3 is 2.35 bits per heavy atom. The molecule has 1 fully saturated rings. The number of para-hydroxylation sites is 1. The predicted molar refractivity (Wildman–Crippen MR) is 102 cm³/mol. The van der Waals surface area contributed by atoms with Gasteiger partial charge in [0.1, 0.15) is 5.82 Å². The van der Waals surface area contributed by atoms with Crippen LogP contribution in [0.4, 0.5) is 17.2 Å². The lowest BCUT2D eigenvalue weighted by Gasteiger charge is -2.34. The molecular weight excluding hydrogens is 352 g/mol. The highest BCUT2D eigenvalue weighted by molar-refractivity contribution is 7.92. The molecule has 2 heterocycles. The summed E-state index contributed by atoms with van der Waals surface area (Å²) in [6.45, 7) is 0.997. The maximum Gasteiger partial charge on any atom is 0.245 e. The highest BCUT2D eigenvalue weighted by Crippen LogP contribution is 2.29. The lowest BCUT2D eigenvalue weighted by molar-refractivity contribution is -0.119. The van der Waals surface area contributed by atoms with Crippen LogP contribution < -0.4 is 16.0 Å². The highest BCUT2D eigenvalue weighted by Gasteiger charge is 2.48. The van der Waals surface area contributed by atoms with Crippen LogP contribution in [0.5, 0.6) is 0 Å². The topological polar surface area (TPSA) is 100 Å². The molecular formula is C18H22N4O3S. The first kappa shape index (κ1) is 18.3. The first-order chi connectivity index (χ1) is 12.4. The largest absolute Gasteiger partial charge is 0.340 e. The predicted octanol–water partition coefficient (Wildman–Crippen LogP) is 1.93. The number of sulfone groups is 1. The Balaban J connectivity index is 1.72. The van der Waals surface area contributed by atoms with Crippen molar-refractivity contribution >= 4 is 32.9 Å². The Kier molecular flexibility index (Phi) is 5.24. The Labute approximate surface area is 153 Å². The number of rotatable bonds is 5. The standard InChI is InChI=1S/C18H22N4O3S/c1-26(24,25)18(9-11-19-12-10-18)17(23)22-15-7-8-16(20-13-15)21-14-5-3-2-4-6-14/h2-8,13,19H,9-12H2,1H3,(H,20,21)(H,22,23). The molecule has 0 atom stereocenters. The summed E-state index contributed by atoms with van der Waals surface area (Å²) < 4.78 is 23.2. The molecule has 1 aromatic heterocycles. The van der Waals surface area contributed by atoms with Crippen LogP contribution in [0.3, 0.4) is 0 Å². The highest BCUT2D eigenvalue weighted by atomic mass is 32.2. The number of nitrogens with zero attached hydrogens (tertiary/aromatic N) is 1. The first-order valence-corrected chi connectivity index (χ1v) is 10.3. The molecule has 3 N–H and O–H groups in total. The van der Waals surface area contributed by atoms with Crippen LogP contribution in [0.1, 0.15) is 12.8 Å². The molecule has 0 bridgehead atoms. The molecule has 1 aromatic carbocycles. The first-order valence-electron chi connectivity index (χ1n) is 8.41. The second-order valence-corrected chi connectivity index (χ2v) is 8.72. The van der Waals surface area contributed by atoms with E-state index >= 15 is 0 Å². The van der Waals surface area contributed by atoms with E-state index in [2.05, 4.69) is 20.9 Å². The van der Waals surface area contributed by atoms with Gasteiger partial charge in [0.15, 0.2) is 14.6 Å². The van der Waals surface area contributed by atoms with Crippen molar-refractivity contribution in [1.29, 1.82) is 0 Å². The number of pyridine rings is 1. The van der Waals surface area contributed by atoms with Crippen LogP contribution in [-0.4, -0.2) is 43.4 Å². The molecule has 1 saturated heterocycles. The number of piperidine rings is 1. The van der Waals surface area contributed by atoms with E-state index in [0.717, 1.165) is 11.9 Å². The number of aromatic nitrogens is 1. The van der Waals surface area contributed by atoms with E-state index in [1.165, 1.54) is 6.20 Å². The van der Waals surface area contributed by atoms with E-state index in [1.807, 2.05) is 30.3 Å². The van der Waals surface area contributed by atoms with Crippen LogP contribution in [0.25, 0.3) is 0 Å². The van der Waals surface area contributed by atoms with Crippen molar-refractivity contribution in [3.05, 3.63) is 48.7 Å². The molecule has 3 rings (SSSR count). The van der Waals surface area contributed by atoms with Gasteiger partial charge in [-0.3, -0.25) is 4.79 Å². The molecule has 0 radical (unpaired) electrons. The van der Waals surface area contributed by atoms with Crippen molar-refractivity contribution in [3.8, 4) is 0 Å². The van der Waals surface area contributed by atoms with E-state index in [-0.39, 0.29) is 12.8 Å². The zero-order valence-electron chi connectivity index (χ0n) is 14.5. The van der Waals surface area contributed by atoms with E-state index < -0.39 is 20.5 Å². The summed E-state index contributed by atoms with van der Waals surface area (Å²) in [6, 6.07) is 13.0. The summed E-state index contributed by atoms with van der Waals surface area (Å²) in [5, 5.41) is 8.96. The van der Waals surface area contributed by atoms with Crippen LogP contribution in [-0.2, 0) is 14.6 Å². The van der Waals surface area contributed by atoms with Gasteiger partial charge < -0.3 is 16.0 Å². The summed E-state index contributed by atoms with van der Waals surface area (Å²) in [7, 11) is -3.54. The van der Waals surface area contributed by atoms with E-state index in [9.17, 15) is 13.2 Å². The monoisotopic (exact) mass is 374 g/mol. The fourth-order valence-corrected chi connectivity index (χ4v) is 4.39. The minimum absolute atomic E-state index is 0.263. The van der Waals surface area contributed by atoms with Crippen LogP contribution in [0.2, 0.25) is 0 Å². The summed E-state index contributed by atoms with van der Waals surface area (Å²) >= 11 is 0. The Morgan fingerprint density at radius 2 is 1.77 bits per heavy atom. The number of hydrogen-bond acceptors (Lipinski definition) is 6. The van der Waals surface area contributed by atoms with Crippen molar-refractivity contribution < 1.29 is 13.2 Å². The van der Waals surface area contributed by atoms with Crippen LogP contribution in [0.15, 0.2) is 48.7 Å². The SMILES string of the molecule is CS(=O)(=O)C1(C(=O)Nc2ccc(Nc3ccccc3)nc2)CCNCC1. The lowest BCUT2D eigenvalue weighted by Crippen LogP contribution is -2.55. The third kappa shape index (κ3) is 3.86. The summed E-state index contributed by atoms with van der Waals surface area (Å²) in [4.78, 5) is 17.0. The Hall–Kier alpha value is -2.45. The van der Waals surface area contributed by atoms with Crippen LogP contribution in [0, 0.1) is 0 Å². The third-order valence-corrected chi connectivity index (χ3v) is 6.62. The van der Waals surface area contributed by atoms with Gasteiger partial charge >= 0.3 is 0 Å². The molecule has 0 spiro atoms. The van der Waals surface area contributed by atoms with Gasteiger partial charge in [0.05, 0.1) is 11.9 Å². The molecule has 1 amide bonds. The van der Waals surface area contributed by atoms with Gasteiger partial charge in [0.25, 0.3) is 0 Å². The van der Waals surface area contributed by atoms with Crippen molar-refractivity contribution in [2.75, 3.05) is 30.0 Å². The maximum atomic E-state index is 12.8. The fourth-order valence-electron chi connectivity index (χ4n) is 3.05. The van der Waals surface area contributed by atoms with Crippen LogP contribution >= 0.6 is 0 Å². The average Bonchev–Trinajstić information content (AvgIpc) is 2.64. The molecule has 26 heavy (non-hydrogen) atoms. The fraction of sp³-hybridized carbons (Fsp3) is 0.333.